The highest BCUT2D eigenvalue weighted by Crippen LogP contribution is 2.26. The van der Waals surface area contributed by atoms with Gasteiger partial charge >= 0.3 is 5.97 Å². The van der Waals surface area contributed by atoms with Crippen molar-refractivity contribution in [2.75, 3.05) is 19.7 Å². The van der Waals surface area contributed by atoms with Crippen LogP contribution in [0.1, 0.15) is 25.3 Å². The van der Waals surface area contributed by atoms with E-state index >= 15 is 0 Å². The zero-order valence-corrected chi connectivity index (χ0v) is 11.3. The van der Waals surface area contributed by atoms with Crippen molar-refractivity contribution in [3.63, 3.8) is 0 Å². The molecular formula is C15H21NO3. The Balaban J connectivity index is 1.87. The predicted molar refractivity (Wildman–Crippen MR) is 72.5 cm³/mol. The number of hydrogen-bond donors (Lipinski definition) is 1. The average Bonchev–Trinajstić information content (AvgIpc) is 2.72. The second-order valence-electron chi connectivity index (χ2n) is 5.15. The summed E-state index contributed by atoms with van der Waals surface area (Å²) in [5.41, 5.74) is 0.295. The molecule has 1 fully saturated rings. The summed E-state index contributed by atoms with van der Waals surface area (Å²) in [6, 6.07) is 10.2. The van der Waals surface area contributed by atoms with Gasteiger partial charge in [0.05, 0.1) is 18.6 Å². The quantitative estimate of drug-likeness (QED) is 0.819. The number of ether oxygens (including phenoxy) is 1. The minimum absolute atomic E-state index is 0.0894. The summed E-state index contributed by atoms with van der Waals surface area (Å²) < 4.78 is 4.91. The van der Waals surface area contributed by atoms with Gasteiger partial charge in [-0.3, -0.25) is 9.69 Å². The van der Waals surface area contributed by atoms with Crippen LogP contribution >= 0.6 is 0 Å². The lowest BCUT2D eigenvalue weighted by atomic mass is 9.99. The number of nitrogens with zero attached hydrogens (tertiary/aromatic N) is 1. The lowest BCUT2D eigenvalue weighted by Crippen LogP contribution is -2.35. The molecule has 4 nitrogen and oxygen atoms in total. The summed E-state index contributed by atoms with van der Waals surface area (Å²) in [6.07, 6.45) is 0.713. The van der Waals surface area contributed by atoms with Gasteiger partial charge in [0.15, 0.2) is 0 Å². The first-order valence-corrected chi connectivity index (χ1v) is 6.75. The third-order valence-electron chi connectivity index (χ3n) is 3.44. The lowest BCUT2D eigenvalue weighted by Gasteiger charge is -2.22. The van der Waals surface area contributed by atoms with Crippen LogP contribution in [0.2, 0.25) is 0 Å². The maximum absolute atomic E-state index is 11.5. The molecule has 0 aliphatic carbocycles. The van der Waals surface area contributed by atoms with Crippen LogP contribution in [0.4, 0.5) is 0 Å². The molecule has 19 heavy (non-hydrogen) atoms. The molecule has 1 aliphatic heterocycles. The number of esters is 1. The molecule has 2 rings (SSSR count). The summed E-state index contributed by atoms with van der Waals surface area (Å²) in [5.74, 6) is -0.313. The molecule has 0 amide bonds. The van der Waals surface area contributed by atoms with E-state index in [0.717, 1.165) is 13.1 Å². The summed E-state index contributed by atoms with van der Waals surface area (Å²) in [7, 11) is 0. The summed E-state index contributed by atoms with van der Waals surface area (Å²) in [4.78, 5) is 13.6. The largest absolute Gasteiger partial charge is 0.466 e. The molecule has 0 saturated carbocycles. The Hall–Kier alpha value is -1.39. The van der Waals surface area contributed by atoms with Crippen molar-refractivity contribution in [2.45, 2.75) is 31.9 Å². The Morgan fingerprint density at radius 2 is 2.16 bits per heavy atom. The molecule has 1 N–H and O–H groups in total. The SMILES string of the molecule is CCOC(=O)CC1(O)CCN(Cc2ccccc2)C1. The first-order chi connectivity index (χ1) is 9.11. The number of carbonyl (C=O) groups is 1. The van der Waals surface area contributed by atoms with E-state index in [2.05, 4.69) is 17.0 Å². The Kier molecular flexibility index (Phi) is 4.56. The van der Waals surface area contributed by atoms with Crippen molar-refractivity contribution in [1.29, 1.82) is 0 Å². The maximum atomic E-state index is 11.5. The van der Waals surface area contributed by atoms with Crippen LogP contribution in [0.3, 0.4) is 0 Å². The van der Waals surface area contributed by atoms with Crippen molar-refractivity contribution in [3.8, 4) is 0 Å². The zero-order chi connectivity index (χ0) is 13.7. The molecular weight excluding hydrogens is 242 g/mol. The molecule has 1 heterocycles. The highest BCUT2D eigenvalue weighted by molar-refractivity contribution is 5.70. The molecule has 0 aromatic heterocycles. The monoisotopic (exact) mass is 263 g/mol. The van der Waals surface area contributed by atoms with Gasteiger partial charge < -0.3 is 9.84 Å². The number of likely N-dealkylation sites (tertiary alicyclic amines) is 1. The van der Waals surface area contributed by atoms with Crippen LogP contribution in [-0.4, -0.2) is 41.3 Å². The highest BCUT2D eigenvalue weighted by atomic mass is 16.5. The third kappa shape index (κ3) is 4.04. The molecule has 1 unspecified atom stereocenters. The van der Waals surface area contributed by atoms with Crippen LogP contribution in [0.5, 0.6) is 0 Å². The number of benzene rings is 1. The minimum atomic E-state index is -0.930. The summed E-state index contributed by atoms with van der Waals surface area (Å²) in [6.45, 7) is 4.29. The molecule has 0 radical (unpaired) electrons. The standard InChI is InChI=1S/C15H21NO3/c1-2-19-14(17)10-15(18)8-9-16(12-15)11-13-6-4-3-5-7-13/h3-7,18H,2,8-12H2,1H3. The van der Waals surface area contributed by atoms with Gasteiger partial charge in [0.2, 0.25) is 0 Å². The van der Waals surface area contributed by atoms with Gasteiger partial charge in [0.25, 0.3) is 0 Å². The van der Waals surface area contributed by atoms with Crippen LogP contribution in [0.15, 0.2) is 30.3 Å². The molecule has 1 aromatic rings. The van der Waals surface area contributed by atoms with E-state index in [1.807, 2.05) is 18.2 Å². The van der Waals surface area contributed by atoms with Crippen molar-refractivity contribution in [3.05, 3.63) is 35.9 Å². The van der Waals surface area contributed by atoms with Crippen molar-refractivity contribution < 1.29 is 14.6 Å². The second-order valence-corrected chi connectivity index (χ2v) is 5.15. The van der Waals surface area contributed by atoms with E-state index in [0.29, 0.717) is 19.6 Å². The number of hydrogen-bond acceptors (Lipinski definition) is 4. The summed E-state index contributed by atoms with van der Waals surface area (Å²) in [5, 5.41) is 10.4. The number of β-amino-alcohol motifs (C(OH)–C–C–N with tert-alkyl or cyclic N) is 1. The van der Waals surface area contributed by atoms with Crippen LogP contribution < -0.4 is 0 Å². The van der Waals surface area contributed by atoms with E-state index in [-0.39, 0.29) is 12.4 Å². The minimum Gasteiger partial charge on any atom is -0.466 e. The first-order valence-electron chi connectivity index (χ1n) is 6.75. The van der Waals surface area contributed by atoms with Gasteiger partial charge in [-0.1, -0.05) is 30.3 Å². The molecule has 1 aromatic carbocycles. The first kappa shape index (κ1) is 14.0. The van der Waals surface area contributed by atoms with E-state index in [9.17, 15) is 9.90 Å². The topological polar surface area (TPSA) is 49.8 Å². The molecule has 1 atom stereocenters. The zero-order valence-electron chi connectivity index (χ0n) is 11.3. The van der Waals surface area contributed by atoms with Gasteiger partial charge in [-0.25, -0.2) is 0 Å². The summed E-state index contributed by atoms with van der Waals surface area (Å²) >= 11 is 0. The maximum Gasteiger partial charge on any atom is 0.308 e. The number of rotatable bonds is 5. The van der Waals surface area contributed by atoms with Crippen LogP contribution in [0, 0.1) is 0 Å². The predicted octanol–water partition coefficient (Wildman–Crippen LogP) is 1.58. The van der Waals surface area contributed by atoms with Gasteiger partial charge in [-0.05, 0) is 18.9 Å². The van der Waals surface area contributed by atoms with Crippen molar-refractivity contribution in [1.82, 2.24) is 4.90 Å². The molecule has 4 heteroatoms. The smallest absolute Gasteiger partial charge is 0.308 e. The Morgan fingerprint density at radius 1 is 1.42 bits per heavy atom. The van der Waals surface area contributed by atoms with Crippen LogP contribution in [-0.2, 0) is 16.1 Å². The van der Waals surface area contributed by atoms with E-state index < -0.39 is 5.60 Å². The fourth-order valence-corrected chi connectivity index (χ4v) is 2.54. The van der Waals surface area contributed by atoms with Gasteiger partial charge in [0, 0.05) is 19.6 Å². The number of aliphatic hydroxyl groups is 1. The molecule has 104 valence electrons. The van der Waals surface area contributed by atoms with E-state index in [1.165, 1.54) is 5.56 Å². The molecule has 1 saturated heterocycles. The molecule has 1 aliphatic rings. The molecule has 0 bridgehead atoms. The Morgan fingerprint density at radius 3 is 2.84 bits per heavy atom. The fraction of sp³-hybridized carbons (Fsp3) is 0.533. The van der Waals surface area contributed by atoms with Crippen LogP contribution in [0.25, 0.3) is 0 Å². The Bertz CT molecular complexity index is 421. The number of carbonyl (C=O) groups excluding carboxylic acids is 1. The Labute approximate surface area is 114 Å². The molecule has 0 spiro atoms. The second kappa shape index (κ2) is 6.17. The van der Waals surface area contributed by atoms with Crippen molar-refractivity contribution in [2.24, 2.45) is 0 Å². The average molecular weight is 263 g/mol. The normalized spacial score (nSPS) is 23.5. The van der Waals surface area contributed by atoms with Crippen molar-refractivity contribution >= 4 is 5.97 Å². The van der Waals surface area contributed by atoms with E-state index in [4.69, 9.17) is 4.74 Å². The van der Waals surface area contributed by atoms with E-state index in [1.54, 1.807) is 6.92 Å². The lowest BCUT2D eigenvalue weighted by molar-refractivity contribution is -0.148. The van der Waals surface area contributed by atoms with Gasteiger partial charge in [-0.2, -0.15) is 0 Å². The highest BCUT2D eigenvalue weighted by Gasteiger charge is 2.38. The third-order valence-corrected chi connectivity index (χ3v) is 3.44. The van der Waals surface area contributed by atoms with Gasteiger partial charge in [0.1, 0.15) is 0 Å². The fourth-order valence-electron chi connectivity index (χ4n) is 2.54. The van der Waals surface area contributed by atoms with Gasteiger partial charge in [-0.15, -0.1) is 0 Å².